The van der Waals surface area contributed by atoms with Crippen molar-refractivity contribution in [3.8, 4) is 5.88 Å². The smallest absolute Gasteiger partial charge is 0.258 e. The number of aromatic nitrogens is 2. The molecule has 114 valence electrons. The number of carbonyl (C=O) groups excluding carboxylic acids is 1. The van der Waals surface area contributed by atoms with Crippen LogP contribution in [0.3, 0.4) is 0 Å². The Morgan fingerprint density at radius 1 is 1.36 bits per heavy atom. The third kappa shape index (κ3) is 2.78. The number of nitrogens with zero attached hydrogens (tertiary/aromatic N) is 2. The summed E-state index contributed by atoms with van der Waals surface area (Å²) in [6.07, 6.45) is 2.90. The van der Waals surface area contributed by atoms with Crippen LogP contribution in [0, 0.1) is 13.8 Å². The van der Waals surface area contributed by atoms with Crippen LogP contribution in [-0.4, -0.2) is 22.5 Å². The van der Waals surface area contributed by atoms with Crippen LogP contribution in [0.2, 0.25) is 0 Å². The fraction of sp³-hybridized carbons (Fsp3) is 0.267. The summed E-state index contributed by atoms with van der Waals surface area (Å²) >= 11 is 0. The van der Waals surface area contributed by atoms with Crippen molar-refractivity contribution in [2.24, 2.45) is 0 Å². The third-order valence-corrected chi connectivity index (χ3v) is 3.31. The van der Waals surface area contributed by atoms with E-state index in [2.05, 4.69) is 15.3 Å². The molecule has 0 atom stereocenters. The van der Waals surface area contributed by atoms with Crippen molar-refractivity contribution in [2.75, 3.05) is 6.61 Å². The molecule has 0 radical (unpaired) electrons. The van der Waals surface area contributed by atoms with Gasteiger partial charge in [-0.3, -0.25) is 4.79 Å². The SMILES string of the molecule is Cc1oc2ncnc(OCC(=O)NCc3ccco3)c2c1C. The van der Waals surface area contributed by atoms with Crippen molar-refractivity contribution in [1.29, 1.82) is 0 Å². The van der Waals surface area contributed by atoms with E-state index in [9.17, 15) is 4.79 Å². The number of furan rings is 2. The number of hydrogen-bond acceptors (Lipinski definition) is 6. The maximum absolute atomic E-state index is 11.8. The Morgan fingerprint density at radius 3 is 3.00 bits per heavy atom. The van der Waals surface area contributed by atoms with Crippen LogP contribution in [0.4, 0.5) is 0 Å². The molecule has 3 aromatic rings. The lowest BCUT2D eigenvalue weighted by Crippen LogP contribution is -2.28. The first-order valence-electron chi connectivity index (χ1n) is 6.77. The Balaban J connectivity index is 1.65. The van der Waals surface area contributed by atoms with Gasteiger partial charge in [-0.15, -0.1) is 0 Å². The molecule has 7 heteroatoms. The van der Waals surface area contributed by atoms with Gasteiger partial charge in [-0.2, -0.15) is 0 Å². The van der Waals surface area contributed by atoms with E-state index in [1.807, 2.05) is 13.8 Å². The predicted molar refractivity (Wildman–Crippen MR) is 77.3 cm³/mol. The van der Waals surface area contributed by atoms with E-state index < -0.39 is 0 Å². The highest BCUT2D eigenvalue weighted by Crippen LogP contribution is 2.29. The normalized spacial score (nSPS) is 10.8. The molecule has 0 bridgehead atoms. The zero-order valence-electron chi connectivity index (χ0n) is 12.3. The molecule has 0 unspecified atom stereocenters. The van der Waals surface area contributed by atoms with Gasteiger partial charge in [0.25, 0.3) is 5.91 Å². The van der Waals surface area contributed by atoms with Crippen molar-refractivity contribution in [2.45, 2.75) is 20.4 Å². The highest BCUT2D eigenvalue weighted by atomic mass is 16.5. The topological polar surface area (TPSA) is 90.4 Å². The van der Waals surface area contributed by atoms with Gasteiger partial charge in [0.1, 0.15) is 23.2 Å². The fourth-order valence-corrected chi connectivity index (χ4v) is 2.04. The van der Waals surface area contributed by atoms with Gasteiger partial charge in [0.2, 0.25) is 11.6 Å². The largest absolute Gasteiger partial charge is 0.467 e. The molecule has 3 rings (SSSR count). The van der Waals surface area contributed by atoms with Crippen molar-refractivity contribution in [3.63, 3.8) is 0 Å². The minimum absolute atomic E-state index is 0.142. The Morgan fingerprint density at radius 2 is 2.23 bits per heavy atom. The zero-order valence-corrected chi connectivity index (χ0v) is 12.3. The van der Waals surface area contributed by atoms with E-state index in [4.69, 9.17) is 13.6 Å². The quantitative estimate of drug-likeness (QED) is 0.776. The summed E-state index contributed by atoms with van der Waals surface area (Å²) < 4.78 is 16.1. The van der Waals surface area contributed by atoms with Gasteiger partial charge >= 0.3 is 0 Å². The minimum atomic E-state index is -0.263. The van der Waals surface area contributed by atoms with Crippen molar-refractivity contribution in [1.82, 2.24) is 15.3 Å². The van der Waals surface area contributed by atoms with Crippen LogP contribution in [0.15, 0.2) is 33.6 Å². The summed E-state index contributed by atoms with van der Waals surface area (Å²) in [7, 11) is 0. The second kappa shape index (κ2) is 5.88. The number of hydrogen-bond donors (Lipinski definition) is 1. The standard InChI is InChI=1S/C15H15N3O4/c1-9-10(2)22-15-13(9)14(17-8-18-15)21-7-12(19)16-6-11-4-3-5-20-11/h3-5,8H,6-7H2,1-2H3,(H,16,19). The molecule has 1 amide bonds. The van der Waals surface area contributed by atoms with Gasteiger partial charge in [0.05, 0.1) is 12.8 Å². The molecule has 22 heavy (non-hydrogen) atoms. The molecule has 0 aromatic carbocycles. The molecule has 0 spiro atoms. The number of nitrogens with one attached hydrogen (secondary N) is 1. The number of ether oxygens (including phenoxy) is 1. The lowest BCUT2D eigenvalue weighted by Gasteiger charge is -2.06. The lowest BCUT2D eigenvalue weighted by atomic mass is 10.2. The zero-order chi connectivity index (χ0) is 15.5. The van der Waals surface area contributed by atoms with Crippen LogP contribution >= 0.6 is 0 Å². The molecule has 0 aliphatic carbocycles. The monoisotopic (exact) mass is 301 g/mol. The maximum Gasteiger partial charge on any atom is 0.258 e. The summed E-state index contributed by atoms with van der Waals surface area (Å²) in [6.45, 7) is 3.92. The maximum atomic E-state index is 11.8. The molecule has 0 saturated heterocycles. The summed E-state index contributed by atoms with van der Waals surface area (Å²) in [5.74, 6) is 1.51. The Kier molecular flexibility index (Phi) is 3.78. The van der Waals surface area contributed by atoms with Crippen LogP contribution in [-0.2, 0) is 11.3 Å². The van der Waals surface area contributed by atoms with Crippen LogP contribution in [0.1, 0.15) is 17.1 Å². The Labute approximate surface area is 126 Å². The van der Waals surface area contributed by atoms with Crippen LogP contribution in [0.5, 0.6) is 5.88 Å². The number of amides is 1. The van der Waals surface area contributed by atoms with Gasteiger partial charge in [0, 0.05) is 5.56 Å². The van der Waals surface area contributed by atoms with Crippen LogP contribution < -0.4 is 10.1 Å². The lowest BCUT2D eigenvalue weighted by molar-refractivity contribution is -0.123. The molecular weight excluding hydrogens is 286 g/mol. The molecule has 7 nitrogen and oxygen atoms in total. The molecule has 0 saturated carbocycles. The Bertz CT molecular complexity index is 793. The average molecular weight is 301 g/mol. The first-order chi connectivity index (χ1) is 10.6. The molecule has 3 aromatic heterocycles. The fourth-order valence-electron chi connectivity index (χ4n) is 2.04. The van der Waals surface area contributed by atoms with Gasteiger partial charge in [-0.1, -0.05) is 0 Å². The van der Waals surface area contributed by atoms with Crippen molar-refractivity contribution >= 4 is 17.0 Å². The van der Waals surface area contributed by atoms with E-state index in [0.29, 0.717) is 29.3 Å². The molecule has 1 N–H and O–H groups in total. The van der Waals surface area contributed by atoms with Crippen molar-refractivity contribution < 1.29 is 18.4 Å². The summed E-state index contributed by atoms with van der Waals surface area (Å²) in [4.78, 5) is 19.9. The Hall–Kier alpha value is -2.83. The second-order valence-corrected chi connectivity index (χ2v) is 4.79. The highest BCUT2D eigenvalue weighted by molar-refractivity contribution is 5.84. The van der Waals surface area contributed by atoms with Gasteiger partial charge in [-0.25, -0.2) is 9.97 Å². The average Bonchev–Trinajstić information content (AvgIpc) is 3.12. The summed E-state index contributed by atoms with van der Waals surface area (Å²) in [5, 5.41) is 3.39. The third-order valence-electron chi connectivity index (χ3n) is 3.31. The van der Waals surface area contributed by atoms with E-state index in [-0.39, 0.29) is 12.5 Å². The first-order valence-corrected chi connectivity index (χ1v) is 6.77. The molecule has 0 fully saturated rings. The van der Waals surface area contributed by atoms with E-state index in [0.717, 1.165) is 11.3 Å². The van der Waals surface area contributed by atoms with E-state index >= 15 is 0 Å². The van der Waals surface area contributed by atoms with Gasteiger partial charge in [0.15, 0.2) is 6.61 Å². The molecule has 0 aliphatic rings. The summed E-state index contributed by atoms with van der Waals surface area (Å²) in [5.41, 5.74) is 1.36. The molecule has 0 aliphatic heterocycles. The van der Waals surface area contributed by atoms with Crippen molar-refractivity contribution in [3.05, 3.63) is 41.8 Å². The molecule has 3 heterocycles. The predicted octanol–water partition coefficient (Wildman–Crippen LogP) is 2.13. The number of fused-ring (bicyclic) bond motifs is 1. The van der Waals surface area contributed by atoms with Gasteiger partial charge < -0.3 is 18.9 Å². The minimum Gasteiger partial charge on any atom is -0.467 e. The number of rotatable bonds is 5. The van der Waals surface area contributed by atoms with E-state index in [1.54, 1.807) is 18.4 Å². The number of aryl methyl sites for hydroxylation is 2. The highest BCUT2D eigenvalue weighted by Gasteiger charge is 2.15. The number of carbonyl (C=O) groups is 1. The first kappa shape index (κ1) is 14.1. The van der Waals surface area contributed by atoms with E-state index in [1.165, 1.54) is 6.33 Å². The van der Waals surface area contributed by atoms with Gasteiger partial charge in [-0.05, 0) is 26.0 Å². The molecular formula is C15H15N3O4. The second-order valence-electron chi connectivity index (χ2n) is 4.79. The summed E-state index contributed by atoms with van der Waals surface area (Å²) in [6, 6.07) is 3.55. The van der Waals surface area contributed by atoms with Crippen LogP contribution in [0.25, 0.3) is 11.1 Å².